The van der Waals surface area contributed by atoms with Crippen LogP contribution in [0.2, 0.25) is 0 Å². The van der Waals surface area contributed by atoms with Crippen LogP contribution in [0.3, 0.4) is 0 Å². The maximum absolute atomic E-state index is 7.88. The average molecular weight is 301 g/mol. The van der Waals surface area contributed by atoms with Crippen LogP contribution in [0.1, 0.15) is 0 Å². The van der Waals surface area contributed by atoms with Crippen molar-refractivity contribution in [3.63, 3.8) is 0 Å². The zero-order chi connectivity index (χ0) is 2.00. The standard InChI is InChI=1S/Ni.4O.2Y/q;;3*-2;2*+3. The molecular formula is NiO4Y2. The zero-order valence-electron chi connectivity index (χ0n) is 3.10. The van der Waals surface area contributed by atoms with Crippen LogP contribution in [-0.2, 0) is 101 Å². The van der Waals surface area contributed by atoms with Gasteiger partial charge in [-0.25, -0.2) is 0 Å². The van der Waals surface area contributed by atoms with E-state index in [0.29, 0.717) is 0 Å². The molecule has 4 nitrogen and oxygen atoms in total. The molecule has 0 atom stereocenters. The molecule has 0 aromatic carbocycles. The van der Waals surface area contributed by atoms with Crippen molar-refractivity contribution in [3.05, 3.63) is 0 Å². The number of rotatable bonds is 0. The molecular weight excluding hydrogens is 301 g/mol. The van der Waals surface area contributed by atoms with Crippen LogP contribution in [0.25, 0.3) is 0 Å². The summed E-state index contributed by atoms with van der Waals surface area (Å²) in [6.45, 7) is 0. The molecule has 0 radical (unpaired) electrons. The van der Waals surface area contributed by atoms with Crippen molar-refractivity contribution in [3.8, 4) is 0 Å². The fourth-order valence-electron chi connectivity index (χ4n) is 0. The molecule has 0 N–H and O–H groups in total. The first-order chi connectivity index (χ1) is 1.00. The van der Waals surface area contributed by atoms with Gasteiger partial charge in [-0.15, -0.1) is 0 Å². The Labute approximate surface area is 99.4 Å². The van der Waals surface area contributed by atoms with Crippen molar-refractivity contribution in [1.29, 1.82) is 0 Å². The van der Waals surface area contributed by atoms with E-state index in [1.165, 1.54) is 0 Å². The summed E-state index contributed by atoms with van der Waals surface area (Å²) < 4.78 is 7.88. The Hall–Kier alpha value is 2.38. The molecule has 7 heteroatoms. The van der Waals surface area contributed by atoms with Gasteiger partial charge in [0.1, 0.15) is 0 Å². The van der Waals surface area contributed by atoms with E-state index in [2.05, 4.69) is 15.4 Å². The van der Waals surface area contributed by atoms with E-state index < -0.39 is 0 Å². The number of hydrogen-bond acceptors (Lipinski definition) is 1. The molecule has 0 aromatic heterocycles. The predicted octanol–water partition coefficient (Wildman–Crippen LogP) is -0.483. The smallest absolute Gasteiger partial charge is 3.00 e. The fraction of sp³-hybridized carbons (Fsp3) is 0. The van der Waals surface area contributed by atoms with Gasteiger partial charge in [0.2, 0.25) is 0 Å². The van der Waals surface area contributed by atoms with Crippen LogP contribution in [-0.4, -0.2) is 0 Å². The molecule has 0 aliphatic rings. The Morgan fingerprint density at radius 2 is 0.714 bits per heavy atom. The maximum atomic E-state index is 7.88. The van der Waals surface area contributed by atoms with E-state index in [9.17, 15) is 0 Å². The summed E-state index contributed by atoms with van der Waals surface area (Å²) in [5.74, 6) is 0. The summed E-state index contributed by atoms with van der Waals surface area (Å²) in [4.78, 5) is 0. The summed E-state index contributed by atoms with van der Waals surface area (Å²) in [6.07, 6.45) is 0. The second-order valence-electron chi connectivity index (χ2n) is 0. The van der Waals surface area contributed by atoms with E-state index in [1.807, 2.05) is 0 Å². The largest absolute Gasteiger partial charge is 3.00 e. The van der Waals surface area contributed by atoms with E-state index in [0.717, 1.165) is 0 Å². The third kappa shape index (κ3) is 60.2. The minimum atomic E-state index is 0. The molecule has 40 valence electrons. The van der Waals surface area contributed by atoms with Gasteiger partial charge < -0.3 is 16.4 Å². The third-order valence-corrected chi connectivity index (χ3v) is 0. The third-order valence-electron chi connectivity index (χ3n) is 0. The van der Waals surface area contributed by atoms with E-state index >= 15 is 0 Å². The fourth-order valence-corrected chi connectivity index (χ4v) is 0. The minimum absolute atomic E-state index is 0. The van der Waals surface area contributed by atoms with Crippen LogP contribution in [0.15, 0.2) is 0 Å². The Kier molecular flexibility index (Phi) is 663. The van der Waals surface area contributed by atoms with Crippen LogP contribution in [0, 0.1) is 0 Å². The van der Waals surface area contributed by atoms with Gasteiger partial charge in [0.05, 0.1) is 0 Å². The van der Waals surface area contributed by atoms with Gasteiger partial charge in [-0.05, 0) is 0 Å². The predicted molar refractivity (Wildman–Crippen MR) is 2.75 cm³/mol. The van der Waals surface area contributed by atoms with E-state index in [-0.39, 0.29) is 81.8 Å². The average Bonchev–Trinajstić information content (AvgIpc) is 1.00. The molecule has 0 heterocycles. The Bertz CT molecular complexity index is 9.65. The minimum Gasteiger partial charge on any atom is 3.00 e. The van der Waals surface area contributed by atoms with E-state index in [4.69, 9.17) is 3.90 Å². The normalized spacial score (nSPS) is 0.857. The van der Waals surface area contributed by atoms with Crippen molar-refractivity contribution < 1.29 is 101 Å². The molecule has 0 saturated heterocycles. The van der Waals surface area contributed by atoms with Gasteiger partial charge in [-0.1, -0.05) is 0 Å². The van der Waals surface area contributed by atoms with Crippen LogP contribution in [0.4, 0.5) is 0 Å². The van der Waals surface area contributed by atoms with Crippen molar-refractivity contribution in [2.24, 2.45) is 0 Å². The van der Waals surface area contributed by atoms with Gasteiger partial charge >= 0.3 is 84.7 Å². The summed E-state index contributed by atoms with van der Waals surface area (Å²) in [5, 5.41) is 0. The van der Waals surface area contributed by atoms with Gasteiger partial charge in [0.15, 0.2) is 0 Å². The van der Waals surface area contributed by atoms with Crippen molar-refractivity contribution in [1.82, 2.24) is 0 Å². The summed E-state index contributed by atoms with van der Waals surface area (Å²) in [5.41, 5.74) is 0. The van der Waals surface area contributed by atoms with E-state index in [1.54, 1.807) is 0 Å². The van der Waals surface area contributed by atoms with Crippen molar-refractivity contribution in [2.45, 2.75) is 0 Å². The summed E-state index contributed by atoms with van der Waals surface area (Å²) in [6, 6.07) is 0. The first-order valence-corrected chi connectivity index (χ1v) is 0.532. The molecule has 0 aliphatic carbocycles. The zero-order valence-corrected chi connectivity index (χ0v) is 9.77. The molecule has 0 fully saturated rings. The quantitative estimate of drug-likeness (QED) is 0.554. The summed E-state index contributed by atoms with van der Waals surface area (Å²) in [7, 11) is 0. The number of hydrogen-bond donors (Lipinski definition) is 0. The first-order valence-electron chi connectivity index (χ1n) is 0.129. The Balaban J connectivity index is -0.000000000500. The summed E-state index contributed by atoms with van der Waals surface area (Å²) >= 11 is 2.62. The molecule has 0 rings (SSSR count). The Morgan fingerprint density at radius 3 is 0.714 bits per heavy atom. The molecule has 7 heavy (non-hydrogen) atoms. The Morgan fingerprint density at radius 1 is 0.714 bits per heavy atom. The van der Waals surface area contributed by atoms with Gasteiger partial charge in [-0.3, -0.25) is 0 Å². The maximum Gasteiger partial charge on any atom is 3.00 e. The van der Waals surface area contributed by atoms with Crippen molar-refractivity contribution in [2.75, 3.05) is 0 Å². The van der Waals surface area contributed by atoms with Crippen LogP contribution in [0.5, 0.6) is 0 Å². The topological polar surface area (TPSA) is 103 Å². The van der Waals surface area contributed by atoms with Crippen LogP contribution >= 0.6 is 0 Å². The molecule has 0 spiro atoms. The van der Waals surface area contributed by atoms with Crippen molar-refractivity contribution >= 4 is 0 Å². The first kappa shape index (κ1) is 57.6. The second-order valence-corrected chi connectivity index (χ2v) is 0. The molecule has 0 aliphatic heterocycles. The molecule has 0 aromatic rings. The van der Waals surface area contributed by atoms with Gasteiger partial charge in [0, 0.05) is 0 Å². The SMILES string of the molecule is [O-2].[O-2].[O-2].[O]=[Ni].[Y+3].[Y+3]. The van der Waals surface area contributed by atoms with Gasteiger partial charge in [0.25, 0.3) is 0 Å². The second kappa shape index (κ2) is 80.5. The molecule has 0 bridgehead atoms. The van der Waals surface area contributed by atoms with Gasteiger partial charge in [-0.2, -0.15) is 0 Å². The monoisotopic (exact) mass is 300 g/mol. The van der Waals surface area contributed by atoms with Crippen LogP contribution < -0.4 is 0 Å². The molecule has 0 amide bonds. The molecule has 0 unspecified atom stereocenters. The molecule has 0 saturated carbocycles.